The van der Waals surface area contributed by atoms with Crippen LogP contribution in [0, 0.1) is 0 Å². The molecule has 0 aliphatic rings. The van der Waals surface area contributed by atoms with E-state index in [1.807, 2.05) is 37.3 Å². The second kappa shape index (κ2) is 8.99. The molecule has 0 aromatic heterocycles. The highest BCUT2D eigenvalue weighted by molar-refractivity contribution is 7.89. The molecule has 0 saturated heterocycles. The molecule has 0 fully saturated rings. The normalized spacial score (nSPS) is 11.7. The Kier molecular flexibility index (Phi) is 6.99. The smallest absolute Gasteiger partial charge is 0.240 e. The molecule has 2 aromatic rings. The Hall–Kier alpha value is -1.89. The highest BCUT2D eigenvalue weighted by Crippen LogP contribution is 2.21. The van der Waals surface area contributed by atoms with Crippen LogP contribution in [0.1, 0.15) is 25.0 Å². The van der Waals surface area contributed by atoms with E-state index < -0.39 is 10.0 Å². The first kappa shape index (κ1) is 19.4. The lowest BCUT2D eigenvalue weighted by Gasteiger charge is -2.22. The molecule has 0 aliphatic heterocycles. The van der Waals surface area contributed by atoms with Crippen LogP contribution in [0.4, 0.5) is 0 Å². The highest BCUT2D eigenvalue weighted by Gasteiger charge is 2.12. The zero-order chi connectivity index (χ0) is 18.3. The number of hydrogen-bond acceptors (Lipinski definition) is 4. The van der Waals surface area contributed by atoms with Crippen molar-refractivity contribution in [3.63, 3.8) is 0 Å². The summed E-state index contributed by atoms with van der Waals surface area (Å²) in [5, 5.41) is 0. The summed E-state index contributed by atoms with van der Waals surface area (Å²) in [4.78, 5) is 2.57. The Labute approximate surface area is 150 Å². The van der Waals surface area contributed by atoms with Gasteiger partial charge in [0, 0.05) is 18.7 Å². The third-order valence-corrected chi connectivity index (χ3v) is 5.45. The molecule has 136 valence electrons. The molecule has 6 heteroatoms. The van der Waals surface area contributed by atoms with E-state index in [1.165, 1.54) is 7.05 Å². The van der Waals surface area contributed by atoms with Crippen molar-refractivity contribution in [3.8, 4) is 5.75 Å². The van der Waals surface area contributed by atoms with Gasteiger partial charge in [0.05, 0.1) is 11.5 Å². The molecule has 0 radical (unpaired) electrons. The minimum absolute atomic E-state index is 0.281. The largest absolute Gasteiger partial charge is 0.494 e. The van der Waals surface area contributed by atoms with Crippen LogP contribution in [0.2, 0.25) is 0 Å². The van der Waals surface area contributed by atoms with Gasteiger partial charge in [-0.3, -0.25) is 4.90 Å². The van der Waals surface area contributed by atoms with Crippen molar-refractivity contribution in [1.82, 2.24) is 9.62 Å². The van der Waals surface area contributed by atoms with Gasteiger partial charge in [0.2, 0.25) is 10.0 Å². The Bertz CT molecular complexity index is 774. The van der Waals surface area contributed by atoms with Crippen molar-refractivity contribution in [3.05, 3.63) is 59.7 Å². The predicted octanol–water partition coefficient (Wildman–Crippen LogP) is 3.02. The molecule has 0 amide bonds. The van der Waals surface area contributed by atoms with Gasteiger partial charge < -0.3 is 4.74 Å². The molecule has 25 heavy (non-hydrogen) atoms. The fourth-order valence-corrected chi connectivity index (χ4v) is 3.33. The molecular weight excluding hydrogens is 336 g/mol. The first-order valence-corrected chi connectivity index (χ1v) is 9.94. The number of nitrogens with one attached hydrogen (secondary N) is 1. The summed E-state index contributed by atoms with van der Waals surface area (Å²) in [6.07, 6.45) is 0. The lowest BCUT2D eigenvalue weighted by molar-refractivity contribution is 0.262. The fourth-order valence-electron chi connectivity index (χ4n) is 2.60. The van der Waals surface area contributed by atoms with Gasteiger partial charge in [-0.05, 0) is 44.3 Å². The van der Waals surface area contributed by atoms with Crippen LogP contribution in [0.5, 0.6) is 5.75 Å². The van der Waals surface area contributed by atoms with E-state index in [2.05, 4.69) is 22.6 Å². The first-order valence-electron chi connectivity index (χ1n) is 8.45. The lowest BCUT2D eigenvalue weighted by Crippen LogP contribution is -2.23. The minimum atomic E-state index is -3.39. The van der Waals surface area contributed by atoms with Crippen molar-refractivity contribution in [2.75, 3.05) is 20.2 Å². The van der Waals surface area contributed by atoms with Crippen molar-refractivity contribution >= 4 is 10.0 Å². The number of para-hydroxylation sites is 1. The summed E-state index contributed by atoms with van der Waals surface area (Å²) in [5.41, 5.74) is 2.23. The van der Waals surface area contributed by atoms with Crippen LogP contribution in [0.3, 0.4) is 0 Å². The van der Waals surface area contributed by atoms with Crippen molar-refractivity contribution < 1.29 is 13.2 Å². The van der Waals surface area contributed by atoms with Crippen LogP contribution in [-0.2, 0) is 23.1 Å². The summed E-state index contributed by atoms with van der Waals surface area (Å²) >= 11 is 0. The monoisotopic (exact) mass is 362 g/mol. The standard InChI is InChI=1S/C19H26N2O3S/c1-4-21(15-17-8-6-7-9-19(17)24-5-2)14-16-10-12-18(13-11-16)25(22,23)20-3/h6-13,20H,4-5,14-15H2,1-3H3. The second-order valence-electron chi connectivity index (χ2n) is 5.70. The number of nitrogens with zero attached hydrogens (tertiary/aromatic N) is 1. The zero-order valence-corrected chi connectivity index (χ0v) is 15.8. The summed E-state index contributed by atoms with van der Waals surface area (Å²) in [7, 11) is -1.98. The molecule has 1 N–H and O–H groups in total. The molecule has 0 spiro atoms. The van der Waals surface area contributed by atoms with Gasteiger partial charge in [-0.15, -0.1) is 0 Å². The highest BCUT2D eigenvalue weighted by atomic mass is 32.2. The van der Waals surface area contributed by atoms with Crippen LogP contribution < -0.4 is 9.46 Å². The third-order valence-electron chi connectivity index (χ3n) is 4.02. The Morgan fingerprint density at radius 1 is 1.00 bits per heavy atom. The molecule has 0 aliphatic carbocycles. The maximum atomic E-state index is 11.8. The fraction of sp³-hybridized carbons (Fsp3) is 0.368. The van der Waals surface area contributed by atoms with Gasteiger partial charge in [0.1, 0.15) is 5.75 Å². The minimum Gasteiger partial charge on any atom is -0.494 e. The number of benzene rings is 2. The Balaban J connectivity index is 2.10. The summed E-state index contributed by atoms with van der Waals surface area (Å²) in [5.74, 6) is 0.916. The summed E-state index contributed by atoms with van der Waals surface area (Å²) < 4.78 is 31.6. The van der Waals surface area contributed by atoms with Crippen LogP contribution in [-0.4, -0.2) is 33.5 Å². The number of ether oxygens (including phenoxy) is 1. The average molecular weight is 362 g/mol. The topological polar surface area (TPSA) is 58.6 Å². The van der Waals surface area contributed by atoms with Gasteiger partial charge in [0.15, 0.2) is 0 Å². The predicted molar refractivity (Wildman–Crippen MR) is 100 cm³/mol. The Morgan fingerprint density at radius 3 is 2.28 bits per heavy atom. The lowest BCUT2D eigenvalue weighted by atomic mass is 10.1. The van der Waals surface area contributed by atoms with Crippen molar-refractivity contribution in [2.24, 2.45) is 0 Å². The van der Waals surface area contributed by atoms with Gasteiger partial charge in [-0.25, -0.2) is 13.1 Å². The van der Waals surface area contributed by atoms with Gasteiger partial charge in [0.25, 0.3) is 0 Å². The molecule has 0 unspecified atom stereocenters. The number of hydrogen-bond donors (Lipinski definition) is 1. The third kappa shape index (κ3) is 5.29. The maximum absolute atomic E-state index is 11.8. The van der Waals surface area contributed by atoms with Crippen molar-refractivity contribution in [2.45, 2.75) is 31.8 Å². The van der Waals surface area contributed by atoms with Crippen LogP contribution in [0.25, 0.3) is 0 Å². The summed E-state index contributed by atoms with van der Waals surface area (Å²) in [6.45, 7) is 7.15. The zero-order valence-electron chi connectivity index (χ0n) is 15.0. The molecule has 0 atom stereocenters. The van der Waals surface area contributed by atoms with E-state index in [-0.39, 0.29) is 4.90 Å². The molecular formula is C19H26N2O3S. The first-order chi connectivity index (χ1) is 12.0. The van der Waals surface area contributed by atoms with Gasteiger partial charge in [-0.2, -0.15) is 0 Å². The number of rotatable bonds is 9. The number of sulfonamides is 1. The second-order valence-corrected chi connectivity index (χ2v) is 7.58. The van der Waals surface area contributed by atoms with E-state index >= 15 is 0 Å². The SMILES string of the molecule is CCOc1ccccc1CN(CC)Cc1ccc(S(=O)(=O)NC)cc1. The van der Waals surface area contributed by atoms with Crippen LogP contribution in [0.15, 0.2) is 53.4 Å². The van der Waals surface area contributed by atoms with Crippen LogP contribution >= 0.6 is 0 Å². The average Bonchev–Trinajstić information content (AvgIpc) is 2.63. The molecule has 2 aromatic carbocycles. The van der Waals surface area contributed by atoms with E-state index in [1.54, 1.807) is 12.1 Å². The van der Waals surface area contributed by atoms with Crippen molar-refractivity contribution in [1.29, 1.82) is 0 Å². The van der Waals surface area contributed by atoms with E-state index in [4.69, 9.17) is 4.74 Å². The molecule has 2 rings (SSSR count). The van der Waals surface area contributed by atoms with E-state index in [0.717, 1.165) is 36.5 Å². The Morgan fingerprint density at radius 2 is 1.68 bits per heavy atom. The van der Waals surface area contributed by atoms with E-state index in [0.29, 0.717) is 6.61 Å². The van der Waals surface area contributed by atoms with E-state index in [9.17, 15) is 8.42 Å². The summed E-state index contributed by atoms with van der Waals surface area (Å²) in [6, 6.07) is 15.1. The molecule has 0 saturated carbocycles. The van der Waals surface area contributed by atoms with Gasteiger partial charge >= 0.3 is 0 Å². The molecule has 0 bridgehead atoms. The quantitative estimate of drug-likeness (QED) is 0.745. The molecule has 5 nitrogen and oxygen atoms in total. The molecule has 0 heterocycles. The van der Waals surface area contributed by atoms with Gasteiger partial charge in [-0.1, -0.05) is 37.3 Å². The maximum Gasteiger partial charge on any atom is 0.240 e.